The van der Waals surface area contributed by atoms with Crippen molar-refractivity contribution in [3.8, 4) is 11.5 Å². The Hall–Kier alpha value is -4.13. The van der Waals surface area contributed by atoms with Gasteiger partial charge in [0.05, 0.1) is 18.1 Å². The molecule has 40 heavy (non-hydrogen) atoms. The van der Waals surface area contributed by atoms with Gasteiger partial charge in [-0.25, -0.2) is 0 Å². The summed E-state index contributed by atoms with van der Waals surface area (Å²) in [5.74, 6) is 1.33. The molecule has 0 aliphatic rings. The zero-order valence-electron chi connectivity index (χ0n) is 22.2. The molecule has 202 valence electrons. The number of rotatable bonds is 10. The summed E-state index contributed by atoms with van der Waals surface area (Å²) in [6.45, 7) is 1.81. The molecule has 1 N–H and O–H groups in total. The van der Waals surface area contributed by atoms with Crippen LogP contribution in [0.5, 0.6) is 11.5 Å². The van der Waals surface area contributed by atoms with Crippen LogP contribution in [0.15, 0.2) is 111 Å². The molecule has 5 aromatic rings. The van der Waals surface area contributed by atoms with Crippen LogP contribution in [0.1, 0.15) is 28.0 Å². The lowest BCUT2D eigenvalue weighted by molar-refractivity contribution is 0.256. The van der Waals surface area contributed by atoms with Crippen LogP contribution in [0.3, 0.4) is 0 Å². The first-order valence-electron chi connectivity index (χ1n) is 13.1. The zero-order chi connectivity index (χ0) is 27.9. The normalized spacial score (nSPS) is 11.5. The van der Waals surface area contributed by atoms with E-state index in [2.05, 4.69) is 33.0 Å². The Bertz CT molecular complexity index is 1680. The van der Waals surface area contributed by atoms with Crippen molar-refractivity contribution in [3.63, 3.8) is 0 Å². The Morgan fingerprint density at radius 3 is 2.42 bits per heavy atom. The van der Waals surface area contributed by atoms with Crippen molar-refractivity contribution >= 4 is 39.1 Å². The van der Waals surface area contributed by atoms with Gasteiger partial charge >= 0.3 is 0 Å². The summed E-state index contributed by atoms with van der Waals surface area (Å²) >= 11 is 3.49. The second kappa shape index (κ2) is 12.8. The van der Waals surface area contributed by atoms with Gasteiger partial charge in [0.1, 0.15) is 22.8 Å². The smallest absolute Gasteiger partial charge is 0.193 e. The number of hydrogen-bond donors (Lipinski definition) is 1. The standard InChI is InChI=1S/C34H30BrNO4/c1-39-28-13-11-26(12-14-28)22-36(19-18-24-6-3-2-4-7-24)23-31-32(37)17-16-30-33(38)21-29(40-34(30)31)15-10-25-8-5-9-27(35)20-25/h2-17,20-21,37H,18-19,22-23H2,1H3/b15-10+. The van der Waals surface area contributed by atoms with Gasteiger partial charge in [-0.15, -0.1) is 0 Å². The predicted octanol–water partition coefficient (Wildman–Crippen LogP) is 7.69. The van der Waals surface area contributed by atoms with E-state index in [1.165, 1.54) is 11.6 Å². The van der Waals surface area contributed by atoms with Crippen molar-refractivity contribution in [3.05, 3.63) is 140 Å². The number of halogens is 1. The summed E-state index contributed by atoms with van der Waals surface area (Å²) in [6, 6.07) is 30.9. The first-order chi connectivity index (χ1) is 19.5. The average Bonchev–Trinajstić information content (AvgIpc) is 2.97. The van der Waals surface area contributed by atoms with Crippen LogP contribution in [0.25, 0.3) is 23.1 Å². The molecule has 1 heterocycles. The van der Waals surface area contributed by atoms with Gasteiger partial charge in [-0.3, -0.25) is 9.69 Å². The summed E-state index contributed by atoms with van der Waals surface area (Å²) < 4.78 is 12.5. The minimum atomic E-state index is -0.151. The Balaban J connectivity index is 1.48. The number of phenols is 1. The van der Waals surface area contributed by atoms with Gasteiger partial charge in [-0.05, 0) is 65.6 Å². The van der Waals surface area contributed by atoms with E-state index in [9.17, 15) is 9.90 Å². The molecule has 6 heteroatoms. The third kappa shape index (κ3) is 6.89. The van der Waals surface area contributed by atoms with Crippen LogP contribution >= 0.6 is 15.9 Å². The maximum atomic E-state index is 13.1. The highest BCUT2D eigenvalue weighted by Gasteiger charge is 2.17. The predicted molar refractivity (Wildman–Crippen MR) is 164 cm³/mol. The Morgan fingerprint density at radius 2 is 1.68 bits per heavy atom. The molecule has 0 unspecified atom stereocenters. The van der Waals surface area contributed by atoms with Gasteiger partial charge in [0.25, 0.3) is 0 Å². The van der Waals surface area contributed by atoms with E-state index in [0.29, 0.717) is 35.4 Å². The van der Waals surface area contributed by atoms with Gasteiger partial charge < -0.3 is 14.3 Å². The molecule has 5 rings (SSSR count). The van der Waals surface area contributed by atoms with Crippen molar-refractivity contribution in [2.24, 2.45) is 0 Å². The van der Waals surface area contributed by atoms with Crippen molar-refractivity contribution in [1.82, 2.24) is 4.90 Å². The van der Waals surface area contributed by atoms with Crippen LogP contribution in [0.2, 0.25) is 0 Å². The topological polar surface area (TPSA) is 62.9 Å². The quantitative estimate of drug-likeness (QED) is 0.179. The molecule has 1 aromatic heterocycles. The van der Waals surface area contributed by atoms with Gasteiger partial charge in [0, 0.05) is 30.2 Å². The molecular weight excluding hydrogens is 566 g/mol. The number of benzene rings is 4. The van der Waals surface area contributed by atoms with Crippen LogP contribution in [-0.4, -0.2) is 23.7 Å². The van der Waals surface area contributed by atoms with Crippen molar-refractivity contribution < 1.29 is 14.3 Å². The molecule has 0 atom stereocenters. The highest BCUT2D eigenvalue weighted by molar-refractivity contribution is 9.10. The number of ether oxygens (including phenoxy) is 1. The second-order valence-electron chi connectivity index (χ2n) is 9.64. The van der Waals surface area contributed by atoms with Gasteiger partial charge in [0.15, 0.2) is 5.43 Å². The number of methoxy groups -OCH3 is 1. The van der Waals surface area contributed by atoms with Gasteiger partial charge in [-0.2, -0.15) is 0 Å². The molecule has 0 saturated heterocycles. The highest BCUT2D eigenvalue weighted by Crippen LogP contribution is 2.29. The first kappa shape index (κ1) is 27.4. The van der Waals surface area contributed by atoms with E-state index in [4.69, 9.17) is 9.15 Å². The first-order valence-corrected chi connectivity index (χ1v) is 13.9. The van der Waals surface area contributed by atoms with Crippen LogP contribution in [0, 0.1) is 0 Å². The summed E-state index contributed by atoms with van der Waals surface area (Å²) in [7, 11) is 1.65. The molecular formula is C34H30BrNO4. The SMILES string of the molecule is COc1ccc(CN(CCc2ccccc2)Cc2c(O)ccc3c(=O)cc(/C=C/c4cccc(Br)c4)oc23)cc1. The fourth-order valence-electron chi connectivity index (χ4n) is 4.66. The molecule has 0 amide bonds. The van der Waals surface area contributed by atoms with Crippen LogP contribution in [-0.2, 0) is 19.5 Å². The summed E-state index contributed by atoms with van der Waals surface area (Å²) in [5, 5.41) is 11.4. The number of fused-ring (bicyclic) bond motifs is 1. The molecule has 0 spiro atoms. The number of phenolic OH excluding ortho intramolecular Hbond substituents is 1. The minimum absolute atomic E-state index is 0.100. The Labute approximate surface area is 242 Å². The van der Waals surface area contributed by atoms with E-state index < -0.39 is 0 Å². The van der Waals surface area contributed by atoms with E-state index in [1.54, 1.807) is 25.3 Å². The molecule has 0 aliphatic carbocycles. The summed E-state index contributed by atoms with van der Waals surface area (Å²) in [4.78, 5) is 15.3. The van der Waals surface area contributed by atoms with E-state index in [-0.39, 0.29) is 11.2 Å². The van der Waals surface area contributed by atoms with Crippen molar-refractivity contribution in [1.29, 1.82) is 0 Å². The third-order valence-electron chi connectivity index (χ3n) is 6.79. The molecule has 0 fully saturated rings. The monoisotopic (exact) mass is 595 g/mol. The number of nitrogens with zero attached hydrogens (tertiary/aromatic N) is 1. The van der Waals surface area contributed by atoms with Crippen molar-refractivity contribution in [2.45, 2.75) is 19.5 Å². The lowest BCUT2D eigenvalue weighted by Gasteiger charge is -2.24. The fourth-order valence-corrected chi connectivity index (χ4v) is 5.08. The maximum absolute atomic E-state index is 13.1. The summed E-state index contributed by atoms with van der Waals surface area (Å²) in [6.07, 6.45) is 4.52. The van der Waals surface area contributed by atoms with Crippen LogP contribution in [0.4, 0.5) is 0 Å². The van der Waals surface area contributed by atoms with E-state index in [0.717, 1.165) is 34.3 Å². The highest BCUT2D eigenvalue weighted by atomic mass is 79.9. The Kier molecular flexibility index (Phi) is 8.79. The lowest BCUT2D eigenvalue weighted by atomic mass is 10.1. The number of hydrogen-bond acceptors (Lipinski definition) is 5. The van der Waals surface area contributed by atoms with Gasteiger partial charge in [-0.1, -0.05) is 76.6 Å². The number of aromatic hydroxyl groups is 1. The largest absolute Gasteiger partial charge is 0.507 e. The lowest BCUT2D eigenvalue weighted by Crippen LogP contribution is -2.25. The van der Waals surface area contributed by atoms with Crippen molar-refractivity contribution in [2.75, 3.05) is 13.7 Å². The molecule has 4 aromatic carbocycles. The fraction of sp³-hybridized carbons (Fsp3) is 0.147. The molecule has 0 bridgehead atoms. The molecule has 5 nitrogen and oxygen atoms in total. The summed E-state index contributed by atoms with van der Waals surface area (Å²) in [5.41, 5.74) is 4.17. The zero-order valence-corrected chi connectivity index (χ0v) is 23.8. The molecule has 0 aliphatic heterocycles. The second-order valence-corrected chi connectivity index (χ2v) is 10.6. The maximum Gasteiger partial charge on any atom is 0.193 e. The Morgan fingerprint density at radius 1 is 0.875 bits per heavy atom. The van der Waals surface area contributed by atoms with Crippen LogP contribution < -0.4 is 10.2 Å². The van der Waals surface area contributed by atoms with Gasteiger partial charge in [0.2, 0.25) is 0 Å². The van der Waals surface area contributed by atoms with E-state index in [1.807, 2.05) is 72.8 Å². The minimum Gasteiger partial charge on any atom is -0.507 e. The average molecular weight is 597 g/mol. The third-order valence-corrected chi connectivity index (χ3v) is 7.28. The molecule has 0 radical (unpaired) electrons. The van der Waals surface area contributed by atoms with E-state index >= 15 is 0 Å². The molecule has 0 saturated carbocycles.